The molecule has 0 aromatic heterocycles. The molecule has 2 aromatic carbocycles. The maximum absolute atomic E-state index is 12.1. The van der Waals surface area contributed by atoms with E-state index in [-0.39, 0.29) is 42.2 Å². The van der Waals surface area contributed by atoms with Crippen molar-refractivity contribution < 1.29 is 14.6 Å². The summed E-state index contributed by atoms with van der Waals surface area (Å²) in [6.07, 6.45) is 0. The number of phenols is 1. The average Bonchev–Trinajstić information content (AvgIpc) is 2.68. The Bertz CT molecular complexity index is 785. The second kappa shape index (κ2) is 13.1. The molecular formula is C20H26ClIN4O3. The number of hydrogen-bond acceptors (Lipinski definition) is 4. The van der Waals surface area contributed by atoms with Gasteiger partial charge in [0.2, 0.25) is 5.91 Å². The molecular weight excluding hydrogens is 507 g/mol. The normalized spacial score (nSPS) is 10.7. The second-order valence-electron chi connectivity index (χ2n) is 5.99. The average molecular weight is 533 g/mol. The van der Waals surface area contributed by atoms with E-state index < -0.39 is 0 Å². The number of hydrogen-bond donors (Lipinski definition) is 3. The molecule has 0 bridgehead atoms. The van der Waals surface area contributed by atoms with Crippen molar-refractivity contribution in [3.05, 3.63) is 53.6 Å². The number of nitrogens with one attached hydrogen (secondary N) is 2. The number of amides is 1. The van der Waals surface area contributed by atoms with Crippen molar-refractivity contribution in [3.63, 3.8) is 0 Å². The third kappa shape index (κ3) is 9.23. The second-order valence-corrected chi connectivity index (χ2v) is 6.43. The lowest BCUT2D eigenvalue weighted by Gasteiger charge is -2.22. The summed E-state index contributed by atoms with van der Waals surface area (Å²) in [6.45, 7) is 3.67. The highest BCUT2D eigenvalue weighted by Gasteiger charge is 2.08. The number of halogens is 2. The minimum absolute atomic E-state index is 0. The summed E-state index contributed by atoms with van der Waals surface area (Å²) >= 11 is 5.86. The van der Waals surface area contributed by atoms with E-state index in [1.54, 1.807) is 24.3 Å². The van der Waals surface area contributed by atoms with Crippen LogP contribution in [0.5, 0.6) is 11.5 Å². The Kier molecular flexibility index (Phi) is 11.2. The molecule has 0 radical (unpaired) electrons. The van der Waals surface area contributed by atoms with Crippen molar-refractivity contribution >= 4 is 53.1 Å². The number of anilines is 1. The molecule has 0 heterocycles. The Morgan fingerprint density at radius 3 is 2.45 bits per heavy atom. The molecule has 0 saturated carbocycles. The summed E-state index contributed by atoms with van der Waals surface area (Å²) in [5.41, 5.74) is 0.604. The largest absolute Gasteiger partial charge is 0.508 e. The minimum atomic E-state index is -0.244. The molecule has 2 aromatic rings. The summed E-state index contributed by atoms with van der Waals surface area (Å²) in [7, 11) is 1.88. The summed E-state index contributed by atoms with van der Waals surface area (Å²) < 4.78 is 5.69. The fourth-order valence-corrected chi connectivity index (χ4v) is 2.42. The third-order valence-electron chi connectivity index (χ3n) is 3.73. The SMILES string of the molecule is CCNC(=NCC(=O)Nc1ccc(O)cc1)N(C)CCOc1ccc(Cl)cc1.I. The van der Waals surface area contributed by atoms with Crippen LogP contribution in [-0.2, 0) is 4.79 Å². The zero-order valence-corrected chi connectivity index (χ0v) is 19.5. The van der Waals surface area contributed by atoms with Gasteiger partial charge in [-0.2, -0.15) is 0 Å². The number of benzene rings is 2. The number of carbonyl (C=O) groups excluding carboxylic acids is 1. The van der Waals surface area contributed by atoms with Gasteiger partial charge in [0.1, 0.15) is 24.7 Å². The molecule has 0 aliphatic rings. The maximum atomic E-state index is 12.1. The van der Waals surface area contributed by atoms with Gasteiger partial charge in [0.25, 0.3) is 0 Å². The standard InChI is InChI=1S/C20H25ClN4O3.HI/c1-3-22-20(23-14-19(27)24-16-6-8-17(26)9-7-16)25(2)12-13-28-18-10-4-15(21)5-11-18;/h4-11,26H,3,12-14H2,1-2H3,(H,22,23)(H,24,27);1H. The van der Waals surface area contributed by atoms with E-state index in [1.165, 1.54) is 12.1 Å². The van der Waals surface area contributed by atoms with Gasteiger partial charge in [-0.15, -0.1) is 24.0 Å². The zero-order chi connectivity index (χ0) is 20.4. The number of ether oxygens (including phenoxy) is 1. The highest BCUT2D eigenvalue weighted by molar-refractivity contribution is 14.0. The number of carbonyl (C=O) groups is 1. The van der Waals surface area contributed by atoms with Gasteiger partial charge < -0.3 is 25.4 Å². The smallest absolute Gasteiger partial charge is 0.246 e. The first-order chi connectivity index (χ1) is 13.5. The molecule has 158 valence electrons. The van der Waals surface area contributed by atoms with Crippen LogP contribution in [0, 0.1) is 0 Å². The molecule has 0 aliphatic heterocycles. The Morgan fingerprint density at radius 2 is 1.83 bits per heavy atom. The van der Waals surface area contributed by atoms with Gasteiger partial charge in [-0.1, -0.05) is 11.6 Å². The highest BCUT2D eigenvalue weighted by atomic mass is 127. The number of aliphatic imine (C=N–C) groups is 1. The third-order valence-corrected chi connectivity index (χ3v) is 3.98. The first-order valence-corrected chi connectivity index (χ1v) is 9.32. The maximum Gasteiger partial charge on any atom is 0.246 e. The molecule has 2 rings (SSSR count). The fraction of sp³-hybridized carbons (Fsp3) is 0.300. The van der Waals surface area contributed by atoms with Crippen LogP contribution >= 0.6 is 35.6 Å². The van der Waals surface area contributed by atoms with Crippen LogP contribution in [0.25, 0.3) is 0 Å². The van der Waals surface area contributed by atoms with Crippen LogP contribution < -0.4 is 15.4 Å². The molecule has 9 heteroatoms. The van der Waals surface area contributed by atoms with Gasteiger partial charge in [0.15, 0.2) is 5.96 Å². The Morgan fingerprint density at radius 1 is 1.17 bits per heavy atom. The van der Waals surface area contributed by atoms with Gasteiger partial charge in [-0.05, 0) is 55.5 Å². The topological polar surface area (TPSA) is 86.2 Å². The van der Waals surface area contributed by atoms with Gasteiger partial charge >= 0.3 is 0 Å². The summed E-state index contributed by atoms with van der Waals surface area (Å²) in [6, 6.07) is 13.5. The molecule has 29 heavy (non-hydrogen) atoms. The number of likely N-dealkylation sites (N-methyl/N-ethyl adjacent to an activating group) is 1. The number of guanidine groups is 1. The van der Waals surface area contributed by atoms with E-state index in [0.29, 0.717) is 36.4 Å². The molecule has 0 saturated heterocycles. The lowest BCUT2D eigenvalue weighted by molar-refractivity contribution is -0.114. The van der Waals surface area contributed by atoms with Crippen molar-refractivity contribution in [1.29, 1.82) is 0 Å². The molecule has 7 nitrogen and oxygen atoms in total. The van der Waals surface area contributed by atoms with E-state index in [2.05, 4.69) is 15.6 Å². The van der Waals surface area contributed by atoms with Gasteiger partial charge in [0, 0.05) is 24.3 Å². The number of phenolic OH excluding ortho intramolecular Hbond substituents is 1. The molecule has 0 fully saturated rings. The van der Waals surface area contributed by atoms with E-state index >= 15 is 0 Å². The quantitative estimate of drug-likeness (QED) is 0.209. The lowest BCUT2D eigenvalue weighted by Crippen LogP contribution is -2.41. The van der Waals surface area contributed by atoms with Crippen molar-refractivity contribution in [3.8, 4) is 11.5 Å². The molecule has 1 amide bonds. The van der Waals surface area contributed by atoms with Crippen molar-refractivity contribution in [2.24, 2.45) is 4.99 Å². The summed E-state index contributed by atoms with van der Waals surface area (Å²) in [5.74, 6) is 1.26. The Balaban J connectivity index is 0.00000420. The molecule has 0 spiro atoms. The van der Waals surface area contributed by atoms with Crippen LogP contribution in [0.15, 0.2) is 53.5 Å². The van der Waals surface area contributed by atoms with E-state index in [1.807, 2.05) is 31.0 Å². The minimum Gasteiger partial charge on any atom is -0.508 e. The van der Waals surface area contributed by atoms with Crippen LogP contribution in [0.2, 0.25) is 5.02 Å². The summed E-state index contributed by atoms with van der Waals surface area (Å²) in [4.78, 5) is 18.4. The van der Waals surface area contributed by atoms with Crippen LogP contribution in [0.4, 0.5) is 5.69 Å². The Hall–Kier alpha value is -2.20. The van der Waals surface area contributed by atoms with Crippen molar-refractivity contribution in [1.82, 2.24) is 10.2 Å². The number of nitrogens with zero attached hydrogens (tertiary/aromatic N) is 2. The highest BCUT2D eigenvalue weighted by Crippen LogP contribution is 2.15. The Labute approximate surface area is 193 Å². The predicted octanol–water partition coefficient (Wildman–Crippen LogP) is 3.58. The van der Waals surface area contributed by atoms with Crippen molar-refractivity contribution in [2.75, 3.05) is 38.6 Å². The lowest BCUT2D eigenvalue weighted by atomic mass is 10.3. The van der Waals surface area contributed by atoms with E-state index in [4.69, 9.17) is 16.3 Å². The van der Waals surface area contributed by atoms with Crippen LogP contribution in [0.3, 0.4) is 0 Å². The number of rotatable bonds is 8. The van der Waals surface area contributed by atoms with Gasteiger partial charge in [0.05, 0.1) is 6.54 Å². The number of aromatic hydroxyl groups is 1. The van der Waals surface area contributed by atoms with E-state index in [0.717, 1.165) is 5.75 Å². The molecule has 0 atom stereocenters. The molecule has 3 N–H and O–H groups in total. The fourth-order valence-electron chi connectivity index (χ4n) is 2.30. The van der Waals surface area contributed by atoms with E-state index in [9.17, 15) is 9.90 Å². The van der Waals surface area contributed by atoms with Gasteiger partial charge in [-0.25, -0.2) is 4.99 Å². The molecule has 0 unspecified atom stereocenters. The zero-order valence-electron chi connectivity index (χ0n) is 16.4. The van der Waals surface area contributed by atoms with Gasteiger partial charge in [-0.3, -0.25) is 4.79 Å². The first kappa shape index (κ1) is 24.8. The van der Waals surface area contributed by atoms with Crippen molar-refractivity contribution in [2.45, 2.75) is 6.92 Å². The summed E-state index contributed by atoms with van der Waals surface area (Å²) in [5, 5.41) is 15.8. The van der Waals surface area contributed by atoms with Crippen LogP contribution in [-0.4, -0.2) is 55.2 Å². The first-order valence-electron chi connectivity index (χ1n) is 8.94. The monoisotopic (exact) mass is 532 g/mol. The predicted molar refractivity (Wildman–Crippen MR) is 128 cm³/mol. The molecule has 0 aliphatic carbocycles. The van der Waals surface area contributed by atoms with Crippen LogP contribution in [0.1, 0.15) is 6.92 Å².